The fourth-order valence-corrected chi connectivity index (χ4v) is 1.56. The predicted octanol–water partition coefficient (Wildman–Crippen LogP) is -1.41. The standard InChI is InChI=1S/C8H15N3O2/c1-5(12)11-7-2-6(8(9)13)3-10-4-7/h6-7,10H,2-4H2,1H3,(H2,9,13)(H,11,12)/t6-,7+/m1/s1. The molecule has 0 aliphatic carbocycles. The van der Waals surface area contributed by atoms with E-state index < -0.39 is 0 Å². The first-order chi connectivity index (χ1) is 6.09. The molecule has 0 aromatic heterocycles. The molecule has 1 fully saturated rings. The van der Waals surface area contributed by atoms with E-state index in [2.05, 4.69) is 10.6 Å². The highest BCUT2D eigenvalue weighted by atomic mass is 16.2. The second-order valence-corrected chi connectivity index (χ2v) is 3.39. The number of carbonyl (C=O) groups is 2. The van der Waals surface area contributed by atoms with Crippen molar-refractivity contribution in [2.45, 2.75) is 19.4 Å². The van der Waals surface area contributed by atoms with E-state index in [1.165, 1.54) is 6.92 Å². The molecular weight excluding hydrogens is 170 g/mol. The van der Waals surface area contributed by atoms with E-state index in [4.69, 9.17) is 5.73 Å². The summed E-state index contributed by atoms with van der Waals surface area (Å²) in [6.07, 6.45) is 0.641. The zero-order valence-corrected chi connectivity index (χ0v) is 7.67. The summed E-state index contributed by atoms with van der Waals surface area (Å²) in [5.41, 5.74) is 5.17. The van der Waals surface area contributed by atoms with Crippen molar-refractivity contribution in [2.24, 2.45) is 11.7 Å². The minimum Gasteiger partial charge on any atom is -0.369 e. The monoisotopic (exact) mass is 185 g/mol. The number of primary amides is 1. The van der Waals surface area contributed by atoms with E-state index in [0.717, 1.165) is 0 Å². The van der Waals surface area contributed by atoms with Gasteiger partial charge in [-0.05, 0) is 6.42 Å². The fraction of sp³-hybridized carbons (Fsp3) is 0.750. The van der Waals surface area contributed by atoms with Crippen LogP contribution in [0.15, 0.2) is 0 Å². The molecule has 74 valence electrons. The zero-order valence-electron chi connectivity index (χ0n) is 7.67. The molecule has 1 aliphatic rings. The normalized spacial score (nSPS) is 28.1. The molecule has 0 unspecified atom stereocenters. The number of hydrogen-bond acceptors (Lipinski definition) is 3. The molecule has 5 nitrogen and oxygen atoms in total. The fourth-order valence-electron chi connectivity index (χ4n) is 1.56. The molecule has 1 heterocycles. The third-order valence-corrected chi connectivity index (χ3v) is 2.16. The first-order valence-corrected chi connectivity index (χ1v) is 4.36. The maximum absolute atomic E-state index is 10.9. The van der Waals surface area contributed by atoms with Gasteiger partial charge >= 0.3 is 0 Å². The van der Waals surface area contributed by atoms with Crippen molar-refractivity contribution in [2.75, 3.05) is 13.1 Å². The summed E-state index contributed by atoms with van der Waals surface area (Å²) >= 11 is 0. The summed E-state index contributed by atoms with van der Waals surface area (Å²) in [7, 11) is 0. The van der Waals surface area contributed by atoms with Crippen LogP contribution >= 0.6 is 0 Å². The third kappa shape index (κ3) is 3.02. The van der Waals surface area contributed by atoms with E-state index >= 15 is 0 Å². The van der Waals surface area contributed by atoms with Gasteiger partial charge in [0, 0.05) is 26.1 Å². The van der Waals surface area contributed by atoms with E-state index in [1.54, 1.807) is 0 Å². The summed E-state index contributed by atoms with van der Waals surface area (Å²) in [6, 6.07) is 0.0312. The molecule has 2 amide bonds. The van der Waals surface area contributed by atoms with Crippen molar-refractivity contribution in [3.63, 3.8) is 0 Å². The lowest BCUT2D eigenvalue weighted by Crippen LogP contribution is -2.51. The highest BCUT2D eigenvalue weighted by Gasteiger charge is 2.25. The smallest absolute Gasteiger partial charge is 0.221 e. The molecule has 0 radical (unpaired) electrons. The van der Waals surface area contributed by atoms with E-state index in [1.807, 2.05) is 0 Å². The Morgan fingerprint density at radius 2 is 2.15 bits per heavy atom. The number of hydrogen-bond donors (Lipinski definition) is 3. The lowest BCUT2D eigenvalue weighted by atomic mass is 9.95. The van der Waals surface area contributed by atoms with Crippen LogP contribution in [-0.4, -0.2) is 30.9 Å². The Morgan fingerprint density at radius 3 is 2.69 bits per heavy atom. The summed E-state index contributed by atoms with van der Waals surface area (Å²) in [5.74, 6) is -0.537. The van der Waals surface area contributed by atoms with Crippen molar-refractivity contribution in [3.8, 4) is 0 Å². The van der Waals surface area contributed by atoms with Crippen LogP contribution in [0, 0.1) is 5.92 Å². The summed E-state index contributed by atoms with van der Waals surface area (Å²) in [5, 5.41) is 5.81. The first kappa shape index (κ1) is 9.98. The number of nitrogens with two attached hydrogens (primary N) is 1. The van der Waals surface area contributed by atoms with Gasteiger partial charge in [0.05, 0.1) is 5.92 Å². The van der Waals surface area contributed by atoms with Crippen molar-refractivity contribution in [1.82, 2.24) is 10.6 Å². The Bertz CT molecular complexity index is 217. The maximum Gasteiger partial charge on any atom is 0.221 e. The number of rotatable bonds is 2. The highest BCUT2D eigenvalue weighted by molar-refractivity contribution is 5.77. The number of amides is 2. The molecule has 0 bridgehead atoms. The van der Waals surface area contributed by atoms with E-state index in [9.17, 15) is 9.59 Å². The van der Waals surface area contributed by atoms with Crippen LogP contribution in [0.1, 0.15) is 13.3 Å². The predicted molar refractivity (Wildman–Crippen MR) is 47.8 cm³/mol. The van der Waals surface area contributed by atoms with Crippen LogP contribution < -0.4 is 16.4 Å². The molecule has 0 saturated carbocycles. The zero-order chi connectivity index (χ0) is 9.84. The van der Waals surface area contributed by atoms with Gasteiger partial charge in [-0.2, -0.15) is 0 Å². The Morgan fingerprint density at radius 1 is 1.46 bits per heavy atom. The molecule has 4 N–H and O–H groups in total. The van der Waals surface area contributed by atoms with Gasteiger partial charge < -0.3 is 16.4 Å². The summed E-state index contributed by atoms with van der Waals surface area (Å²) in [6.45, 7) is 2.79. The number of piperidine rings is 1. The van der Waals surface area contributed by atoms with Gasteiger partial charge in [0.1, 0.15) is 0 Å². The lowest BCUT2D eigenvalue weighted by molar-refractivity contribution is -0.124. The molecule has 2 atom stereocenters. The van der Waals surface area contributed by atoms with Gasteiger partial charge in [0.15, 0.2) is 0 Å². The quantitative estimate of drug-likeness (QED) is 0.494. The van der Waals surface area contributed by atoms with Gasteiger partial charge in [-0.1, -0.05) is 0 Å². The van der Waals surface area contributed by atoms with Gasteiger partial charge in [-0.25, -0.2) is 0 Å². The van der Waals surface area contributed by atoms with Crippen molar-refractivity contribution in [3.05, 3.63) is 0 Å². The lowest BCUT2D eigenvalue weighted by Gasteiger charge is -2.28. The van der Waals surface area contributed by atoms with Crippen LogP contribution in [0.2, 0.25) is 0 Å². The van der Waals surface area contributed by atoms with Crippen molar-refractivity contribution >= 4 is 11.8 Å². The molecule has 1 rings (SSSR count). The number of carbonyl (C=O) groups excluding carboxylic acids is 2. The van der Waals surface area contributed by atoms with Gasteiger partial charge in [-0.3, -0.25) is 9.59 Å². The van der Waals surface area contributed by atoms with Crippen molar-refractivity contribution in [1.29, 1.82) is 0 Å². The van der Waals surface area contributed by atoms with Gasteiger partial charge in [0.2, 0.25) is 11.8 Å². The van der Waals surface area contributed by atoms with Crippen LogP contribution in [0.25, 0.3) is 0 Å². The Labute approximate surface area is 77.1 Å². The Balaban J connectivity index is 2.41. The molecule has 5 heteroatoms. The highest BCUT2D eigenvalue weighted by Crippen LogP contribution is 2.09. The van der Waals surface area contributed by atoms with E-state index in [-0.39, 0.29) is 23.8 Å². The molecule has 1 saturated heterocycles. The second kappa shape index (κ2) is 4.23. The minimum absolute atomic E-state index is 0.0312. The second-order valence-electron chi connectivity index (χ2n) is 3.39. The van der Waals surface area contributed by atoms with Crippen LogP contribution in [0.4, 0.5) is 0 Å². The number of nitrogens with one attached hydrogen (secondary N) is 2. The van der Waals surface area contributed by atoms with Crippen LogP contribution in [0.5, 0.6) is 0 Å². The minimum atomic E-state index is -0.303. The van der Waals surface area contributed by atoms with Crippen molar-refractivity contribution < 1.29 is 9.59 Å². The van der Waals surface area contributed by atoms with Crippen LogP contribution in [0.3, 0.4) is 0 Å². The van der Waals surface area contributed by atoms with Gasteiger partial charge in [0.25, 0.3) is 0 Å². The largest absolute Gasteiger partial charge is 0.369 e. The summed E-state index contributed by atoms with van der Waals surface area (Å²) < 4.78 is 0. The maximum atomic E-state index is 10.9. The molecule has 0 spiro atoms. The molecule has 13 heavy (non-hydrogen) atoms. The molecular formula is C8H15N3O2. The van der Waals surface area contributed by atoms with E-state index in [0.29, 0.717) is 19.5 Å². The molecule has 0 aromatic rings. The Kier molecular flexibility index (Phi) is 3.25. The Hall–Kier alpha value is -1.10. The average Bonchev–Trinajstić information content (AvgIpc) is 2.03. The molecule has 1 aliphatic heterocycles. The topological polar surface area (TPSA) is 84.2 Å². The third-order valence-electron chi connectivity index (χ3n) is 2.16. The summed E-state index contributed by atoms with van der Waals surface area (Å²) in [4.78, 5) is 21.6. The van der Waals surface area contributed by atoms with Crippen LogP contribution in [-0.2, 0) is 9.59 Å². The SMILES string of the molecule is CC(=O)N[C@@H]1CNC[C@H](C(N)=O)C1. The molecule has 0 aromatic carbocycles. The average molecular weight is 185 g/mol. The van der Waals surface area contributed by atoms with Gasteiger partial charge in [-0.15, -0.1) is 0 Å². The first-order valence-electron chi connectivity index (χ1n) is 4.36.